The molecule has 1 aliphatic rings. The molecule has 0 aromatic carbocycles. The van der Waals surface area contributed by atoms with Gasteiger partial charge in [-0.25, -0.2) is 4.98 Å². The third-order valence-corrected chi connectivity index (χ3v) is 3.72. The molecule has 16 heavy (non-hydrogen) atoms. The van der Waals surface area contributed by atoms with E-state index in [-0.39, 0.29) is 0 Å². The van der Waals surface area contributed by atoms with E-state index in [0.29, 0.717) is 17.8 Å². The second-order valence-corrected chi connectivity index (χ2v) is 5.12. The minimum atomic E-state index is 0.544. The third-order valence-electron chi connectivity index (χ3n) is 3.72. The van der Waals surface area contributed by atoms with Crippen LogP contribution in [0.25, 0.3) is 0 Å². The molecule has 2 rings (SSSR count). The number of nitrogens with two attached hydrogens (primary N) is 1. The molecule has 0 aliphatic carbocycles. The van der Waals surface area contributed by atoms with Gasteiger partial charge in [-0.3, -0.25) is 0 Å². The van der Waals surface area contributed by atoms with Crippen molar-refractivity contribution in [1.82, 2.24) is 4.98 Å². The molecule has 1 aromatic heterocycles. The molecule has 0 radical (unpaired) electrons. The van der Waals surface area contributed by atoms with Crippen LogP contribution in [-0.4, -0.2) is 17.6 Å². The van der Waals surface area contributed by atoms with Crippen LogP contribution < -0.4 is 10.6 Å². The van der Waals surface area contributed by atoms with Crippen LogP contribution in [0.3, 0.4) is 0 Å². The van der Waals surface area contributed by atoms with E-state index in [1.807, 2.05) is 6.07 Å². The Labute approximate surface area is 97.7 Å². The fourth-order valence-corrected chi connectivity index (χ4v) is 2.69. The van der Waals surface area contributed by atoms with E-state index < -0.39 is 0 Å². The number of pyridine rings is 1. The van der Waals surface area contributed by atoms with Gasteiger partial charge in [-0.2, -0.15) is 0 Å². The van der Waals surface area contributed by atoms with E-state index in [1.165, 1.54) is 6.42 Å². The smallest absolute Gasteiger partial charge is 0.146 e. The van der Waals surface area contributed by atoms with Gasteiger partial charge < -0.3 is 10.6 Å². The lowest BCUT2D eigenvalue weighted by molar-refractivity contribution is 0.297. The fraction of sp³-hybridized carbons (Fsp3) is 0.615. The molecule has 1 aromatic rings. The molecule has 1 aliphatic heterocycles. The number of rotatable bonds is 1. The third kappa shape index (κ3) is 1.99. The van der Waals surface area contributed by atoms with Crippen LogP contribution in [0.4, 0.5) is 11.5 Å². The molecular formula is C13H21N3. The second-order valence-electron chi connectivity index (χ2n) is 5.12. The summed E-state index contributed by atoms with van der Waals surface area (Å²) in [6.45, 7) is 7.99. The summed E-state index contributed by atoms with van der Waals surface area (Å²) in [5, 5.41) is 0. The zero-order valence-electron chi connectivity index (χ0n) is 10.4. The minimum absolute atomic E-state index is 0.544. The van der Waals surface area contributed by atoms with Crippen molar-refractivity contribution in [3.63, 3.8) is 0 Å². The molecule has 3 atom stereocenters. The zero-order valence-corrected chi connectivity index (χ0v) is 10.4. The molecule has 0 saturated carbocycles. The van der Waals surface area contributed by atoms with Crippen LogP contribution in [0.1, 0.15) is 27.2 Å². The average Bonchev–Trinajstić information content (AvgIpc) is 2.24. The lowest BCUT2D eigenvalue weighted by atomic mass is 9.85. The fourth-order valence-electron chi connectivity index (χ4n) is 2.69. The van der Waals surface area contributed by atoms with Crippen molar-refractivity contribution in [2.24, 2.45) is 11.8 Å². The lowest BCUT2D eigenvalue weighted by Crippen LogP contribution is -2.46. The Kier molecular flexibility index (Phi) is 3.03. The first-order valence-corrected chi connectivity index (χ1v) is 6.06. The van der Waals surface area contributed by atoms with Crippen LogP contribution >= 0.6 is 0 Å². The molecule has 3 unspecified atom stereocenters. The topological polar surface area (TPSA) is 42.2 Å². The number of nitrogens with zero attached hydrogens (tertiary/aromatic N) is 2. The van der Waals surface area contributed by atoms with E-state index in [1.54, 1.807) is 6.20 Å². The number of piperidine rings is 1. The van der Waals surface area contributed by atoms with Crippen LogP contribution in [0.15, 0.2) is 18.3 Å². The molecular weight excluding hydrogens is 198 g/mol. The molecule has 3 heteroatoms. The van der Waals surface area contributed by atoms with Crippen molar-refractivity contribution in [3.8, 4) is 0 Å². The molecule has 0 amide bonds. The first-order chi connectivity index (χ1) is 7.59. The van der Waals surface area contributed by atoms with E-state index in [2.05, 4.69) is 36.7 Å². The molecule has 2 N–H and O–H groups in total. The maximum Gasteiger partial charge on any atom is 0.146 e. The predicted octanol–water partition coefficient (Wildman–Crippen LogP) is 2.53. The van der Waals surface area contributed by atoms with Gasteiger partial charge in [0.05, 0.1) is 5.69 Å². The number of aromatic nitrogens is 1. The summed E-state index contributed by atoms with van der Waals surface area (Å²) in [6, 6.07) is 4.58. The summed E-state index contributed by atoms with van der Waals surface area (Å²) < 4.78 is 0. The van der Waals surface area contributed by atoms with Crippen LogP contribution in [0.5, 0.6) is 0 Å². The Morgan fingerprint density at radius 3 is 2.81 bits per heavy atom. The highest BCUT2D eigenvalue weighted by atomic mass is 15.2. The van der Waals surface area contributed by atoms with Crippen molar-refractivity contribution < 1.29 is 0 Å². The van der Waals surface area contributed by atoms with Gasteiger partial charge >= 0.3 is 0 Å². The average molecular weight is 219 g/mol. The highest BCUT2D eigenvalue weighted by Gasteiger charge is 2.29. The maximum absolute atomic E-state index is 5.95. The SMILES string of the molecule is CC1CC(C)C(C)N(c2cccnc2N)C1. The summed E-state index contributed by atoms with van der Waals surface area (Å²) >= 11 is 0. The maximum atomic E-state index is 5.95. The van der Waals surface area contributed by atoms with Crippen molar-refractivity contribution in [3.05, 3.63) is 18.3 Å². The Hall–Kier alpha value is -1.25. The van der Waals surface area contributed by atoms with Gasteiger partial charge in [0.25, 0.3) is 0 Å². The molecule has 1 saturated heterocycles. The van der Waals surface area contributed by atoms with Crippen LogP contribution in [0.2, 0.25) is 0 Å². The summed E-state index contributed by atoms with van der Waals surface area (Å²) in [6.07, 6.45) is 3.05. The van der Waals surface area contributed by atoms with Crippen LogP contribution in [0, 0.1) is 11.8 Å². The zero-order chi connectivity index (χ0) is 11.7. The van der Waals surface area contributed by atoms with Gasteiger partial charge in [-0.05, 0) is 37.3 Å². The van der Waals surface area contributed by atoms with Gasteiger partial charge in [-0.15, -0.1) is 0 Å². The Morgan fingerprint density at radius 2 is 2.12 bits per heavy atom. The monoisotopic (exact) mass is 219 g/mol. The van der Waals surface area contributed by atoms with E-state index in [9.17, 15) is 0 Å². The standard InChI is InChI=1S/C13H21N3/c1-9-7-10(2)11(3)16(8-9)12-5-4-6-15-13(12)14/h4-6,9-11H,7-8H2,1-3H3,(H2,14,15). The number of anilines is 2. The molecule has 1 fully saturated rings. The van der Waals surface area contributed by atoms with Gasteiger partial charge in [0.15, 0.2) is 0 Å². The Bertz CT molecular complexity index is 364. The highest BCUT2D eigenvalue weighted by Crippen LogP contribution is 2.33. The highest BCUT2D eigenvalue weighted by molar-refractivity contribution is 5.63. The van der Waals surface area contributed by atoms with Crippen molar-refractivity contribution in [2.45, 2.75) is 33.2 Å². The first-order valence-electron chi connectivity index (χ1n) is 6.06. The van der Waals surface area contributed by atoms with Crippen molar-refractivity contribution in [1.29, 1.82) is 0 Å². The molecule has 88 valence electrons. The van der Waals surface area contributed by atoms with Gasteiger partial charge in [-0.1, -0.05) is 13.8 Å². The van der Waals surface area contributed by atoms with E-state index in [0.717, 1.165) is 18.2 Å². The molecule has 3 nitrogen and oxygen atoms in total. The summed E-state index contributed by atoms with van der Waals surface area (Å²) in [5.74, 6) is 2.09. The molecule has 2 heterocycles. The Morgan fingerprint density at radius 1 is 1.38 bits per heavy atom. The van der Waals surface area contributed by atoms with E-state index in [4.69, 9.17) is 5.73 Å². The quantitative estimate of drug-likeness (QED) is 0.789. The number of hydrogen-bond donors (Lipinski definition) is 1. The molecule has 0 bridgehead atoms. The van der Waals surface area contributed by atoms with Gasteiger partial charge in [0.1, 0.15) is 5.82 Å². The van der Waals surface area contributed by atoms with Crippen LogP contribution in [-0.2, 0) is 0 Å². The van der Waals surface area contributed by atoms with Gasteiger partial charge in [0.2, 0.25) is 0 Å². The van der Waals surface area contributed by atoms with Crippen molar-refractivity contribution >= 4 is 11.5 Å². The van der Waals surface area contributed by atoms with Gasteiger partial charge in [0, 0.05) is 18.8 Å². The second kappa shape index (κ2) is 4.32. The largest absolute Gasteiger partial charge is 0.382 e. The first kappa shape index (κ1) is 11.2. The Balaban J connectivity index is 2.29. The number of hydrogen-bond acceptors (Lipinski definition) is 3. The molecule has 0 spiro atoms. The number of nitrogen functional groups attached to an aromatic ring is 1. The lowest BCUT2D eigenvalue weighted by Gasteiger charge is -2.42. The normalized spacial score (nSPS) is 30.4. The summed E-state index contributed by atoms with van der Waals surface area (Å²) in [4.78, 5) is 6.58. The summed E-state index contributed by atoms with van der Waals surface area (Å²) in [7, 11) is 0. The predicted molar refractivity (Wildman–Crippen MR) is 68.4 cm³/mol. The van der Waals surface area contributed by atoms with E-state index >= 15 is 0 Å². The minimum Gasteiger partial charge on any atom is -0.382 e. The summed E-state index contributed by atoms with van der Waals surface area (Å²) in [5.41, 5.74) is 7.04. The van der Waals surface area contributed by atoms with Crippen molar-refractivity contribution in [2.75, 3.05) is 17.2 Å².